The van der Waals surface area contributed by atoms with Crippen molar-refractivity contribution in [3.8, 4) is 0 Å². The van der Waals surface area contributed by atoms with Gasteiger partial charge < -0.3 is 10.0 Å². The highest BCUT2D eigenvalue weighted by Crippen LogP contribution is 2.34. The van der Waals surface area contributed by atoms with Crippen molar-refractivity contribution in [2.75, 3.05) is 13.2 Å². The Bertz CT molecular complexity index is 205. The van der Waals surface area contributed by atoms with Gasteiger partial charge in [-0.1, -0.05) is 0 Å². The fourth-order valence-corrected chi connectivity index (χ4v) is 2.61. The molecule has 2 heterocycles. The highest BCUT2D eigenvalue weighted by atomic mass is 16.3. The maximum atomic E-state index is 11.7. The number of carbonyl (C=O) groups excluding carboxylic acids is 1. The molecule has 1 amide bonds. The smallest absolute Gasteiger partial charge is 0.226 e. The molecule has 74 valence electrons. The van der Waals surface area contributed by atoms with Gasteiger partial charge in [0.05, 0.1) is 0 Å². The van der Waals surface area contributed by atoms with Gasteiger partial charge in [-0.15, -0.1) is 0 Å². The van der Waals surface area contributed by atoms with E-state index in [0.717, 1.165) is 25.8 Å². The van der Waals surface area contributed by atoms with Crippen molar-refractivity contribution in [2.24, 2.45) is 5.92 Å². The summed E-state index contributed by atoms with van der Waals surface area (Å²) in [5.74, 6) is 0.563. The van der Waals surface area contributed by atoms with Gasteiger partial charge in [-0.05, 0) is 32.1 Å². The van der Waals surface area contributed by atoms with E-state index < -0.39 is 0 Å². The summed E-state index contributed by atoms with van der Waals surface area (Å²) in [7, 11) is 0. The molecule has 0 unspecified atom stereocenters. The Morgan fingerprint density at radius 2 is 2.38 bits per heavy atom. The van der Waals surface area contributed by atoms with Crippen LogP contribution in [0.5, 0.6) is 0 Å². The van der Waals surface area contributed by atoms with Crippen molar-refractivity contribution in [2.45, 2.75) is 38.1 Å². The summed E-state index contributed by atoms with van der Waals surface area (Å²) < 4.78 is 0. The average Bonchev–Trinajstić information content (AvgIpc) is 2.67. The monoisotopic (exact) mass is 183 g/mol. The second kappa shape index (κ2) is 3.66. The van der Waals surface area contributed by atoms with E-state index in [-0.39, 0.29) is 12.5 Å². The second-order valence-corrected chi connectivity index (χ2v) is 4.13. The molecule has 0 bridgehead atoms. The average molecular weight is 183 g/mol. The lowest BCUT2D eigenvalue weighted by Gasteiger charge is -2.14. The molecule has 0 aromatic rings. The van der Waals surface area contributed by atoms with Crippen LogP contribution < -0.4 is 0 Å². The summed E-state index contributed by atoms with van der Waals surface area (Å²) in [4.78, 5) is 13.8. The van der Waals surface area contributed by atoms with Crippen molar-refractivity contribution in [1.29, 1.82) is 0 Å². The quantitative estimate of drug-likeness (QED) is 0.702. The highest BCUT2D eigenvalue weighted by Gasteiger charge is 2.40. The molecule has 0 aromatic carbocycles. The number of carbonyl (C=O) groups is 1. The van der Waals surface area contributed by atoms with Crippen molar-refractivity contribution in [3.05, 3.63) is 0 Å². The zero-order chi connectivity index (χ0) is 9.26. The Labute approximate surface area is 78.7 Å². The largest absolute Gasteiger partial charge is 0.396 e. The van der Waals surface area contributed by atoms with Gasteiger partial charge in [0.1, 0.15) is 0 Å². The van der Waals surface area contributed by atoms with Gasteiger partial charge in [0.15, 0.2) is 0 Å². The van der Waals surface area contributed by atoms with Crippen LogP contribution in [0, 0.1) is 5.92 Å². The lowest BCUT2D eigenvalue weighted by molar-refractivity contribution is -0.131. The first-order valence-corrected chi connectivity index (χ1v) is 5.24. The van der Waals surface area contributed by atoms with E-state index in [1.54, 1.807) is 0 Å². The third kappa shape index (κ3) is 1.57. The van der Waals surface area contributed by atoms with Gasteiger partial charge in [0.2, 0.25) is 5.91 Å². The number of fused-ring (bicyclic) bond motifs is 1. The summed E-state index contributed by atoms with van der Waals surface area (Å²) >= 11 is 0. The molecule has 1 N–H and O–H groups in total. The van der Waals surface area contributed by atoms with Gasteiger partial charge >= 0.3 is 0 Å². The predicted molar refractivity (Wildman–Crippen MR) is 49.2 cm³/mol. The van der Waals surface area contributed by atoms with Gasteiger partial charge in [-0.3, -0.25) is 4.79 Å². The van der Waals surface area contributed by atoms with Crippen LogP contribution in [-0.2, 0) is 4.79 Å². The number of hydrogen-bond donors (Lipinski definition) is 1. The van der Waals surface area contributed by atoms with Gasteiger partial charge in [0, 0.05) is 25.1 Å². The zero-order valence-electron chi connectivity index (χ0n) is 7.91. The van der Waals surface area contributed by atoms with Gasteiger partial charge in [0.25, 0.3) is 0 Å². The number of amides is 1. The lowest BCUT2D eigenvalue weighted by Crippen LogP contribution is -2.28. The molecule has 2 aliphatic rings. The normalized spacial score (nSPS) is 32.7. The first-order chi connectivity index (χ1) is 6.33. The van der Waals surface area contributed by atoms with Crippen LogP contribution in [0.25, 0.3) is 0 Å². The molecule has 0 spiro atoms. The van der Waals surface area contributed by atoms with Gasteiger partial charge in [-0.2, -0.15) is 0 Å². The molecule has 0 aromatic heterocycles. The van der Waals surface area contributed by atoms with Crippen LogP contribution in [-0.4, -0.2) is 35.1 Å². The summed E-state index contributed by atoms with van der Waals surface area (Å²) in [6, 6.07) is 0.538. The maximum Gasteiger partial charge on any atom is 0.226 e. The van der Waals surface area contributed by atoms with Crippen LogP contribution in [0.2, 0.25) is 0 Å². The molecule has 3 heteroatoms. The third-order valence-corrected chi connectivity index (χ3v) is 3.28. The highest BCUT2D eigenvalue weighted by molar-refractivity contribution is 5.81. The standard InChI is InChI=1S/C10H17NO2/c12-6-2-3-8-7-9-4-1-5-11(9)10(8)13/h8-9,12H,1-7H2/t8-,9+/m1/s1. The SMILES string of the molecule is O=C1[C@H](CCCO)C[C@@H]2CCCN12. The van der Waals surface area contributed by atoms with E-state index in [4.69, 9.17) is 5.11 Å². The van der Waals surface area contributed by atoms with E-state index in [2.05, 4.69) is 0 Å². The fraction of sp³-hybridized carbons (Fsp3) is 0.900. The predicted octanol–water partition coefficient (Wildman–Crippen LogP) is 0.770. The molecular formula is C10H17NO2. The molecule has 2 rings (SSSR count). The Balaban J connectivity index is 1.91. The molecule has 13 heavy (non-hydrogen) atoms. The van der Waals surface area contributed by atoms with Gasteiger partial charge in [-0.25, -0.2) is 0 Å². The van der Waals surface area contributed by atoms with Crippen LogP contribution in [0.1, 0.15) is 32.1 Å². The molecule has 0 aliphatic carbocycles. The van der Waals surface area contributed by atoms with E-state index in [1.165, 1.54) is 12.8 Å². The summed E-state index contributed by atoms with van der Waals surface area (Å²) in [6.07, 6.45) is 5.07. The Morgan fingerprint density at radius 1 is 1.54 bits per heavy atom. The fourth-order valence-electron chi connectivity index (χ4n) is 2.61. The molecule has 2 fully saturated rings. The Kier molecular flexibility index (Phi) is 2.54. The number of nitrogens with zero attached hydrogens (tertiary/aromatic N) is 1. The van der Waals surface area contributed by atoms with E-state index in [9.17, 15) is 4.79 Å². The molecule has 2 aliphatic heterocycles. The second-order valence-electron chi connectivity index (χ2n) is 4.13. The molecule has 2 atom stereocenters. The van der Waals surface area contributed by atoms with E-state index in [0.29, 0.717) is 11.9 Å². The lowest BCUT2D eigenvalue weighted by atomic mass is 9.98. The number of rotatable bonds is 3. The van der Waals surface area contributed by atoms with Crippen molar-refractivity contribution < 1.29 is 9.90 Å². The van der Waals surface area contributed by atoms with Crippen molar-refractivity contribution in [3.63, 3.8) is 0 Å². The van der Waals surface area contributed by atoms with E-state index in [1.807, 2.05) is 4.90 Å². The van der Waals surface area contributed by atoms with Crippen LogP contribution in [0.15, 0.2) is 0 Å². The molecular weight excluding hydrogens is 166 g/mol. The Hall–Kier alpha value is -0.570. The maximum absolute atomic E-state index is 11.7. The summed E-state index contributed by atoms with van der Waals surface area (Å²) in [5.41, 5.74) is 0. The molecule has 2 saturated heterocycles. The number of hydrogen-bond acceptors (Lipinski definition) is 2. The van der Waals surface area contributed by atoms with E-state index >= 15 is 0 Å². The minimum Gasteiger partial charge on any atom is -0.396 e. The molecule has 0 saturated carbocycles. The van der Waals surface area contributed by atoms with Crippen molar-refractivity contribution in [1.82, 2.24) is 4.90 Å². The first kappa shape index (κ1) is 9.00. The van der Waals surface area contributed by atoms with Crippen LogP contribution in [0.4, 0.5) is 0 Å². The minimum atomic E-state index is 0.217. The topological polar surface area (TPSA) is 40.5 Å². The zero-order valence-corrected chi connectivity index (χ0v) is 7.91. The molecule has 3 nitrogen and oxygen atoms in total. The minimum absolute atomic E-state index is 0.217. The summed E-state index contributed by atoms with van der Waals surface area (Å²) in [5, 5.41) is 8.69. The first-order valence-electron chi connectivity index (χ1n) is 5.24. The summed E-state index contributed by atoms with van der Waals surface area (Å²) in [6.45, 7) is 1.19. The molecule has 0 radical (unpaired) electrons. The third-order valence-electron chi connectivity index (χ3n) is 3.28. The number of aliphatic hydroxyl groups excluding tert-OH is 1. The van der Waals surface area contributed by atoms with Crippen LogP contribution >= 0.6 is 0 Å². The number of aliphatic hydroxyl groups is 1. The van der Waals surface area contributed by atoms with Crippen LogP contribution in [0.3, 0.4) is 0 Å². The Morgan fingerprint density at radius 3 is 3.08 bits per heavy atom. The van der Waals surface area contributed by atoms with Crippen molar-refractivity contribution >= 4 is 5.91 Å².